The molecule has 0 aromatic carbocycles. The maximum absolute atomic E-state index is 12.8. The van der Waals surface area contributed by atoms with Crippen LogP contribution in [0.1, 0.15) is 5.69 Å². The first-order valence-corrected chi connectivity index (χ1v) is 6.03. The molecule has 0 aliphatic carbocycles. The van der Waals surface area contributed by atoms with Crippen LogP contribution in [0.2, 0.25) is 0 Å². The van der Waals surface area contributed by atoms with Gasteiger partial charge in [0.15, 0.2) is 0 Å². The third-order valence-corrected chi connectivity index (χ3v) is 3.38. The van der Waals surface area contributed by atoms with Crippen LogP contribution in [-0.4, -0.2) is 42.1 Å². The van der Waals surface area contributed by atoms with Gasteiger partial charge >= 0.3 is 6.18 Å². The third kappa shape index (κ3) is 3.28. The highest BCUT2D eigenvalue weighted by Gasteiger charge is 2.51. The number of nitrogens with zero attached hydrogens (tertiary/aromatic N) is 1. The lowest BCUT2D eigenvalue weighted by Crippen LogP contribution is -2.39. The summed E-state index contributed by atoms with van der Waals surface area (Å²) in [6.07, 6.45) is -2.64. The number of H-pyrrole nitrogens is 1. The molecule has 1 fully saturated rings. The van der Waals surface area contributed by atoms with Gasteiger partial charge in [0.1, 0.15) is 0 Å². The van der Waals surface area contributed by atoms with Crippen molar-refractivity contribution in [3.05, 3.63) is 24.0 Å². The Balaban J connectivity index is 1.97. The van der Waals surface area contributed by atoms with E-state index in [2.05, 4.69) is 10.3 Å². The summed E-state index contributed by atoms with van der Waals surface area (Å²) >= 11 is 0. The van der Waals surface area contributed by atoms with Crippen LogP contribution in [0.25, 0.3) is 0 Å². The van der Waals surface area contributed by atoms with E-state index in [4.69, 9.17) is 0 Å². The minimum atomic E-state index is -4.33. The molecule has 1 amide bonds. The number of amides is 1. The molecule has 2 rings (SSSR count). The first-order chi connectivity index (χ1) is 8.88. The van der Waals surface area contributed by atoms with Crippen LogP contribution >= 0.6 is 0 Å². The molecule has 0 radical (unpaired) electrons. The predicted molar refractivity (Wildman–Crippen MR) is 63.2 cm³/mol. The van der Waals surface area contributed by atoms with Gasteiger partial charge in [-0.15, -0.1) is 0 Å². The van der Waals surface area contributed by atoms with Crippen LogP contribution < -0.4 is 5.32 Å². The largest absolute Gasteiger partial charge is 0.393 e. The Bertz CT molecular complexity index is 430. The molecule has 1 aromatic heterocycles. The summed E-state index contributed by atoms with van der Waals surface area (Å²) < 4.78 is 38.5. The number of alkyl halides is 3. The second-order valence-corrected chi connectivity index (χ2v) is 4.89. The standard InChI is InChI=1S/C12H16F3N3O/c1-18-6-9(10(7-18)12(13,14)15)11(19)17-5-8-3-2-4-16-8/h2-4,9-10,16H,5-7H2,1H3,(H,17,19)/t9-,10-/m1/s1. The molecule has 0 unspecified atom stereocenters. The summed E-state index contributed by atoms with van der Waals surface area (Å²) in [7, 11) is 1.59. The first-order valence-electron chi connectivity index (χ1n) is 6.03. The number of rotatable bonds is 3. The van der Waals surface area contributed by atoms with E-state index in [1.165, 1.54) is 4.90 Å². The summed E-state index contributed by atoms with van der Waals surface area (Å²) in [6.45, 7) is 0.238. The molecule has 0 saturated carbocycles. The average Bonchev–Trinajstić information content (AvgIpc) is 2.93. The fraction of sp³-hybridized carbons (Fsp3) is 0.583. The Hall–Kier alpha value is -1.50. The monoisotopic (exact) mass is 275 g/mol. The molecule has 2 atom stereocenters. The van der Waals surface area contributed by atoms with Gasteiger partial charge in [-0.2, -0.15) is 13.2 Å². The van der Waals surface area contributed by atoms with Gasteiger partial charge in [-0.1, -0.05) is 0 Å². The van der Waals surface area contributed by atoms with Gasteiger partial charge in [0, 0.05) is 25.0 Å². The second-order valence-electron chi connectivity index (χ2n) is 4.89. The highest BCUT2D eigenvalue weighted by Crippen LogP contribution is 2.37. The van der Waals surface area contributed by atoms with Crippen LogP contribution in [0.3, 0.4) is 0 Å². The van der Waals surface area contributed by atoms with Crippen LogP contribution in [-0.2, 0) is 11.3 Å². The van der Waals surface area contributed by atoms with Gasteiger partial charge in [0.2, 0.25) is 5.91 Å². The lowest BCUT2D eigenvalue weighted by atomic mass is 9.94. The maximum atomic E-state index is 12.8. The smallest absolute Gasteiger partial charge is 0.364 e. The van der Waals surface area contributed by atoms with Crippen molar-refractivity contribution in [1.29, 1.82) is 0 Å². The zero-order valence-electron chi connectivity index (χ0n) is 10.5. The van der Waals surface area contributed by atoms with Crippen LogP contribution in [0.15, 0.2) is 18.3 Å². The number of nitrogens with one attached hydrogen (secondary N) is 2. The van der Waals surface area contributed by atoms with Crippen molar-refractivity contribution in [2.75, 3.05) is 20.1 Å². The molecule has 19 heavy (non-hydrogen) atoms. The molecule has 2 N–H and O–H groups in total. The van der Waals surface area contributed by atoms with Crippen molar-refractivity contribution in [1.82, 2.24) is 15.2 Å². The summed E-state index contributed by atoms with van der Waals surface area (Å²) in [4.78, 5) is 16.3. The third-order valence-electron chi connectivity index (χ3n) is 3.38. The molecule has 1 aliphatic rings. The molecular weight excluding hydrogens is 259 g/mol. The SMILES string of the molecule is CN1C[C@@H](C(F)(F)F)[C@H](C(=O)NCc2ccc[nH]2)C1. The number of hydrogen-bond donors (Lipinski definition) is 2. The number of hydrogen-bond acceptors (Lipinski definition) is 2. The van der Waals surface area contributed by atoms with Crippen molar-refractivity contribution in [2.45, 2.75) is 12.7 Å². The highest BCUT2D eigenvalue weighted by atomic mass is 19.4. The van der Waals surface area contributed by atoms with Gasteiger partial charge in [-0.25, -0.2) is 0 Å². The molecule has 0 spiro atoms. The Morgan fingerprint density at radius 1 is 1.53 bits per heavy atom. The number of halogens is 3. The fourth-order valence-electron chi connectivity index (χ4n) is 2.39. The predicted octanol–water partition coefficient (Wildman–Crippen LogP) is 1.37. The van der Waals surface area contributed by atoms with E-state index in [-0.39, 0.29) is 19.6 Å². The fourth-order valence-corrected chi connectivity index (χ4v) is 2.39. The van der Waals surface area contributed by atoms with Crippen molar-refractivity contribution in [2.24, 2.45) is 11.8 Å². The van der Waals surface area contributed by atoms with Crippen molar-refractivity contribution in [3.63, 3.8) is 0 Å². The van der Waals surface area contributed by atoms with Crippen LogP contribution in [0.4, 0.5) is 13.2 Å². The van der Waals surface area contributed by atoms with E-state index in [0.29, 0.717) is 0 Å². The summed E-state index contributed by atoms with van der Waals surface area (Å²) in [6, 6.07) is 3.53. The Morgan fingerprint density at radius 2 is 2.26 bits per heavy atom. The molecule has 2 heterocycles. The molecule has 4 nitrogen and oxygen atoms in total. The van der Waals surface area contributed by atoms with Gasteiger partial charge in [0.25, 0.3) is 0 Å². The van der Waals surface area contributed by atoms with Crippen LogP contribution in [0.5, 0.6) is 0 Å². The molecule has 1 aromatic rings. The molecule has 1 saturated heterocycles. The number of carbonyl (C=O) groups excluding carboxylic acids is 1. The topological polar surface area (TPSA) is 48.1 Å². The first kappa shape index (κ1) is 13.9. The van der Waals surface area contributed by atoms with E-state index < -0.39 is 23.9 Å². The molecular formula is C12H16F3N3O. The molecule has 7 heteroatoms. The van der Waals surface area contributed by atoms with Gasteiger partial charge in [0.05, 0.1) is 18.4 Å². The van der Waals surface area contributed by atoms with Crippen LogP contribution in [0, 0.1) is 11.8 Å². The quantitative estimate of drug-likeness (QED) is 0.875. The van der Waals surface area contributed by atoms with E-state index in [0.717, 1.165) is 5.69 Å². The normalized spacial score (nSPS) is 24.6. The highest BCUT2D eigenvalue weighted by molar-refractivity contribution is 5.79. The van der Waals surface area contributed by atoms with Crippen molar-refractivity contribution in [3.8, 4) is 0 Å². The minimum absolute atomic E-state index is 0.121. The zero-order valence-corrected chi connectivity index (χ0v) is 10.5. The van der Waals surface area contributed by atoms with E-state index >= 15 is 0 Å². The van der Waals surface area contributed by atoms with Crippen molar-refractivity contribution < 1.29 is 18.0 Å². The number of aromatic nitrogens is 1. The maximum Gasteiger partial charge on any atom is 0.393 e. The summed E-state index contributed by atoms with van der Waals surface area (Å²) in [5.74, 6) is -3.15. The second kappa shape index (κ2) is 5.24. The Kier molecular flexibility index (Phi) is 3.84. The van der Waals surface area contributed by atoms with Gasteiger partial charge in [-0.3, -0.25) is 4.79 Å². The number of likely N-dealkylation sites (tertiary alicyclic amines) is 1. The molecule has 0 bridgehead atoms. The average molecular weight is 275 g/mol. The lowest BCUT2D eigenvalue weighted by molar-refractivity contribution is -0.183. The number of carbonyl (C=O) groups is 1. The summed E-state index contributed by atoms with van der Waals surface area (Å²) in [5.41, 5.74) is 0.767. The van der Waals surface area contributed by atoms with E-state index in [9.17, 15) is 18.0 Å². The zero-order chi connectivity index (χ0) is 14.0. The van der Waals surface area contributed by atoms with E-state index in [1.807, 2.05) is 0 Å². The number of aromatic amines is 1. The summed E-state index contributed by atoms with van der Waals surface area (Å²) in [5, 5.41) is 2.55. The minimum Gasteiger partial charge on any atom is -0.364 e. The van der Waals surface area contributed by atoms with Gasteiger partial charge < -0.3 is 15.2 Å². The Morgan fingerprint density at radius 3 is 2.84 bits per heavy atom. The van der Waals surface area contributed by atoms with Crippen molar-refractivity contribution >= 4 is 5.91 Å². The van der Waals surface area contributed by atoms with Gasteiger partial charge in [-0.05, 0) is 19.2 Å². The van der Waals surface area contributed by atoms with E-state index in [1.54, 1.807) is 25.4 Å². The lowest BCUT2D eigenvalue weighted by Gasteiger charge is -2.20. The molecule has 1 aliphatic heterocycles. The Labute approximate surface area is 109 Å². The molecule has 106 valence electrons.